The van der Waals surface area contributed by atoms with E-state index in [1.54, 1.807) is 0 Å². The highest BCUT2D eigenvalue weighted by Gasteiger charge is 2.77. The molecule has 0 fully saturated rings. The SMILES string of the molecule is COC(=O)C(F)(SOO[O-])C(F)(F)C(F)(F)F. The van der Waals surface area contributed by atoms with Crippen LogP contribution in [0.4, 0.5) is 26.3 Å². The van der Waals surface area contributed by atoms with Crippen molar-refractivity contribution in [2.75, 3.05) is 7.11 Å². The van der Waals surface area contributed by atoms with E-state index in [4.69, 9.17) is 0 Å². The maximum Gasteiger partial charge on any atom is 0.458 e. The number of rotatable bonds is 5. The fourth-order valence-corrected chi connectivity index (χ4v) is 1.08. The van der Waals surface area contributed by atoms with Crippen molar-refractivity contribution < 1.29 is 50.5 Å². The van der Waals surface area contributed by atoms with Crippen LogP contribution in [0.5, 0.6) is 0 Å². The van der Waals surface area contributed by atoms with Gasteiger partial charge >= 0.3 is 23.1 Å². The molecule has 5 nitrogen and oxygen atoms in total. The minimum Gasteiger partial charge on any atom is -0.691 e. The van der Waals surface area contributed by atoms with E-state index in [1.807, 2.05) is 0 Å². The number of alkyl halides is 6. The lowest BCUT2D eigenvalue weighted by Gasteiger charge is -2.30. The van der Waals surface area contributed by atoms with Gasteiger partial charge in [0.05, 0.1) is 19.2 Å². The van der Waals surface area contributed by atoms with Crippen LogP contribution in [-0.4, -0.2) is 30.2 Å². The number of hydrogen-bond acceptors (Lipinski definition) is 6. The molecule has 12 heteroatoms. The van der Waals surface area contributed by atoms with Crippen molar-refractivity contribution in [3.8, 4) is 0 Å². The Bertz CT molecular complexity index is 282. The largest absolute Gasteiger partial charge is 0.691 e. The molecule has 0 aliphatic carbocycles. The minimum absolute atomic E-state index is 0.363. The molecule has 0 N–H and O–H groups in total. The number of hydrogen-bond donors (Lipinski definition) is 0. The van der Waals surface area contributed by atoms with Crippen LogP contribution in [0.1, 0.15) is 0 Å². The van der Waals surface area contributed by atoms with E-state index in [0.29, 0.717) is 7.11 Å². The molecule has 0 saturated heterocycles. The maximum absolute atomic E-state index is 13.3. The third-order valence-electron chi connectivity index (χ3n) is 1.38. The Labute approximate surface area is 93.7 Å². The highest BCUT2D eigenvalue weighted by atomic mass is 32.2. The first-order chi connectivity index (χ1) is 7.54. The highest BCUT2D eigenvalue weighted by Crippen LogP contribution is 2.51. The second-order valence-corrected chi connectivity index (χ2v) is 3.24. The summed E-state index contributed by atoms with van der Waals surface area (Å²) in [4.78, 5) is 10.6. The van der Waals surface area contributed by atoms with Crippen LogP contribution in [0, 0.1) is 0 Å². The quantitative estimate of drug-likeness (QED) is 0.246. The Balaban J connectivity index is 5.38. The summed E-state index contributed by atoms with van der Waals surface area (Å²) in [5.41, 5.74) is 0. The molecule has 0 saturated carbocycles. The number of methoxy groups -OCH3 is 1. The van der Waals surface area contributed by atoms with E-state index in [2.05, 4.69) is 14.1 Å². The van der Waals surface area contributed by atoms with Crippen LogP contribution in [-0.2, 0) is 18.9 Å². The number of esters is 1. The van der Waals surface area contributed by atoms with Crippen LogP contribution in [0.25, 0.3) is 0 Å². The molecule has 0 rings (SSSR count). The molecule has 0 heterocycles. The first-order valence-corrected chi connectivity index (χ1v) is 4.15. The van der Waals surface area contributed by atoms with Crippen LogP contribution in [0.15, 0.2) is 0 Å². The van der Waals surface area contributed by atoms with E-state index >= 15 is 0 Å². The average molecular weight is 289 g/mol. The van der Waals surface area contributed by atoms with E-state index in [-0.39, 0.29) is 0 Å². The van der Waals surface area contributed by atoms with Crippen molar-refractivity contribution in [3.05, 3.63) is 0 Å². The fraction of sp³-hybridized carbons (Fsp3) is 0.800. The lowest BCUT2D eigenvalue weighted by molar-refractivity contribution is -0.777. The molecule has 0 aromatic carbocycles. The summed E-state index contributed by atoms with van der Waals surface area (Å²) in [5, 5.41) is 6.67. The summed E-state index contributed by atoms with van der Waals surface area (Å²) in [6.07, 6.45) is -6.41. The third-order valence-corrected chi connectivity index (χ3v) is 2.16. The van der Waals surface area contributed by atoms with Gasteiger partial charge in [0.15, 0.2) is 0 Å². The molecule has 102 valence electrons. The Kier molecular flexibility index (Phi) is 5.06. The van der Waals surface area contributed by atoms with Crippen LogP contribution >= 0.6 is 12.0 Å². The minimum atomic E-state index is -6.41. The second-order valence-electron chi connectivity index (χ2n) is 2.38. The number of carbonyl (C=O) groups is 1. The van der Waals surface area contributed by atoms with E-state index in [9.17, 15) is 36.4 Å². The van der Waals surface area contributed by atoms with Crippen molar-refractivity contribution in [2.45, 2.75) is 17.1 Å². The van der Waals surface area contributed by atoms with E-state index in [0.717, 1.165) is 0 Å². The van der Waals surface area contributed by atoms with Gasteiger partial charge in [-0.1, -0.05) is 0 Å². The Morgan fingerprint density at radius 1 is 1.18 bits per heavy atom. The van der Waals surface area contributed by atoms with Gasteiger partial charge in [-0.25, -0.2) is 9.18 Å². The van der Waals surface area contributed by atoms with Gasteiger partial charge in [0.25, 0.3) is 0 Å². The standard InChI is InChI=1S/C5H4F6O5S/c1-14-2(12)3(6,17-16-15-13)4(7,8)5(9,10)11/h13H,1H3/p-1. The van der Waals surface area contributed by atoms with Crippen LogP contribution in [0.2, 0.25) is 0 Å². The molecule has 17 heavy (non-hydrogen) atoms. The van der Waals surface area contributed by atoms with Crippen LogP contribution in [0.3, 0.4) is 0 Å². The maximum atomic E-state index is 13.3. The smallest absolute Gasteiger partial charge is 0.458 e. The summed E-state index contributed by atoms with van der Waals surface area (Å²) in [7, 11) is 0.363. The molecule has 0 aromatic heterocycles. The van der Waals surface area contributed by atoms with Gasteiger partial charge in [-0.15, -0.1) is 0 Å². The molecule has 1 unspecified atom stereocenters. The molecular weight excluding hydrogens is 286 g/mol. The van der Waals surface area contributed by atoms with Gasteiger partial charge in [-0.05, 0) is 0 Å². The first-order valence-electron chi connectivity index (χ1n) is 3.40. The molecule has 0 radical (unpaired) electrons. The lowest BCUT2D eigenvalue weighted by atomic mass is 10.2. The van der Waals surface area contributed by atoms with Crippen molar-refractivity contribution in [1.82, 2.24) is 0 Å². The summed E-state index contributed by atoms with van der Waals surface area (Å²) in [6.45, 7) is 0. The van der Waals surface area contributed by atoms with Crippen molar-refractivity contribution in [2.24, 2.45) is 0 Å². The topological polar surface area (TPSA) is 67.8 Å². The van der Waals surface area contributed by atoms with E-state index in [1.165, 1.54) is 0 Å². The molecular formula is C5H3F6O5S-. The zero-order chi connectivity index (χ0) is 13.9. The van der Waals surface area contributed by atoms with Gasteiger partial charge < -0.3 is 9.99 Å². The summed E-state index contributed by atoms with van der Waals surface area (Å²) in [5.74, 6) is -8.75. The fourth-order valence-electron chi connectivity index (χ4n) is 0.589. The monoisotopic (exact) mass is 289 g/mol. The number of ether oxygens (including phenoxy) is 1. The van der Waals surface area contributed by atoms with Gasteiger partial charge in [0, 0.05) is 0 Å². The summed E-state index contributed by atoms with van der Waals surface area (Å²) < 4.78 is 80.7. The molecule has 0 aliphatic rings. The van der Waals surface area contributed by atoms with Crippen molar-refractivity contribution in [1.29, 1.82) is 0 Å². The molecule has 0 amide bonds. The normalized spacial score (nSPS) is 16.5. The zero-order valence-corrected chi connectivity index (χ0v) is 8.53. The molecule has 0 aliphatic heterocycles. The predicted octanol–water partition coefficient (Wildman–Crippen LogP) is 0.894. The van der Waals surface area contributed by atoms with Gasteiger partial charge in [-0.3, -0.25) is 5.04 Å². The van der Waals surface area contributed by atoms with Crippen molar-refractivity contribution in [3.63, 3.8) is 0 Å². The van der Waals surface area contributed by atoms with Gasteiger partial charge in [0.2, 0.25) is 0 Å². The van der Waals surface area contributed by atoms with Crippen LogP contribution < -0.4 is 5.26 Å². The molecule has 1 atom stereocenters. The Morgan fingerprint density at radius 3 is 1.94 bits per heavy atom. The highest BCUT2D eigenvalue weighted by molar-refractivity contribution is 7.96. The van der Waals surface area contributed by atoms with Gasteiger partial charge in [0.1, 0.15) is 0 Å². The Morgan fingerprint density at radius 2 is 1.65 bits per heavy atom. The first kappa shape index (κ1) is 16.3. The summed E-state index contributed by atoms with van der Waals surface area (Å²) in [6, 6.07) is 0. The number of halogens is 6. The third kappa shape index (κ3) is 2.94. The molecule has 0 bridgehead atoms. The molecule has 0 spiro atoms. The molecule has 0 aromatic rings. The second kappa shape index (κ2) is 5.29. The van der Waals surface area contributed by atoms with E-state index < -0.39 is 35.1 Å². The number of carbonyl (C=O) groups excluding carboxylic acids is 1. The zero-order valence-electron chi connectivity index (χ0n) is 7.72. The predicted molar refractivity (Wildman–Crippen MR) is 36.6 cm³/mol. The lowest BCUT2D eigenvalue weighted by Crippen LogP contribution is -2.57. The van der Waals surface area contributed by atoms with Gasteiger partial charge in [-0.2, -0.15) is 26.3 Å². The summed E-state index contributed by atoms with van der Waals surface area (Å²) >= 11 is -1.46. The Hall–Kier alpha value is -0.720. The van der Waals surface area contributed by atoms with Crippen molar-refractivity contribution >= 4 is 18.0 Å². The average Bonchev–Trinajstić information content (AvgIpc) is 2.22.